The first-order valence-corrected chi connectivity index (χ1v) is 14.7. The van der Waals surface area contributed by atoms with E-state index in [9.17, 15) is 18.3 Å². The second-order valence-corrected chi connectivity index (χ2v) is 10.9. The lowest BCUT2D eigenvalue weighted by molar-refractivity contribution is -0.132. The lowest BCUT2D eigenvalue weighted by Gasteiger charge is -2.26. The SMILES string of the molecule is COc1ccc(S(=O)(=O)Nc2ncnc(OCCO)c2Oc2ccccc2OC)cc1CCC(=O)N1CCCCC1. The molecular formula is C28H34N4O8S. The first-order valence-electron chi connectivity index (χ1n) is 13.2. The molecule has 3 aromatic rings. The number of aliphatic hydroxyl groups is 1. The zero-order valence-corrected chi connectivity index (χ0v) is 23.9. The van der Waals surface area contributed by atoms with Gasteiger partial charge in [0.05, 0.1) is 25.7 Å². The summed E-state index contributed by atoms with van der Waals surface area (Å²) in [6, 6.07) is 11.2. The van der Waals surface area contributed by atoms with Gasteiger partial charge in [-0.2, -0.15) is 4.98 Å². The Balaban J connectivity index is 1.61. The number of rotatable bonds is 13. The van der Waals surface area contributed by atoms with Crippen LogP contribution in [0.1, 0.15) is 31.2 Å². The topological polar surface area (TPSA) is 149 Å². The van der Waals surface area contributed by atoms with Crippen LogP contribution in [0.4, 0.5) is 5.82 Å². The third kappa shape index (κ3) is 7.55. The molecule has 0 bridgehead atoms. The predicted octanol–water partition coefficient (Wildman–Crippen LogP) is 3.40. The molecule has 1 aliphatic rings. The Labute approximate surface area is 239 Å². The number of sulfonamides is 1. The molecule has 2 heterocycles. The molecule has 0 atom stereocenters. The zero-order chi connectivity index (χ0) is 29.2. The Hall–Kier alpha value is -4.10. The number of nitrogens with one attached hydrogen (secondary N) is 1. The van der Waals surface area contributed by atoms with Crippen molar-refractivity contribution in [3.05, 3.63) is 54.4 Å². The molecule has 1 saturated heterocycles. The maximum atomic E-state index is 13.5. The van der Waals surface area contributed by atoms with Crippen molar-refractivity contribution >= 4 is 21.7 Å². The zero-order valence-electron chi connectivity index (χ0n) is 23.0. The van der Waals surface area contributed by atoms with Crippen molar-refractivity contribution in [2.75, 3.05) is 45.2 Å². The first-order chi connectivity index (χ1) is 19.9. The van der Waals surface area contributed by atoms with Crippen LogP contribution in [-0.4, -0.2) is 74.8 Å². The Kier molecular flexibility index (Phi) is 10.2. The van der Waals surface area contributed by atoms with E-state index in [0.717, 1.165) is 38.7 Å². The van der Waals surface area contributed by atoms with Crippen molar-refractivity contribution in [1.82, 2.24) is 14.9 Å². The minimum atomic E-state index is -4.19. The van der Waals surface area contributed by atoms with Gasteiger partial charge in [-0.05, 0) is 61.6 Å². The molecule has 1 fully saturated rings. The van der Waals surface area contributed by atoms with Gasteiger partial charge in [0.15, 0.2) is 17.3 Å². The van der Waals surface area contributed by atoms with Crippen molar-refractivity contribution in [3.63, 3.8) is 0 Å². The van der Waals surface area contributed by atoms with Gasteiger partial charge in [0, 0.05) is 19.5 Å². The highest BCUT2D eigenvalue weighted by Crippen LogP contribution is 2.40. The average molecular weight is 587 g/mol. The number of piperidine rings is 1. The molecule has 1 aliphatic heterocycles. The van der Waals surface area contributed by atoms with Crippen LogP contribution in [0, 0.1) is 0 Å². The predicted molar refractivity (Wildman–Crippen MR) is 150 cm³/mol. The van der Waals surface area contributed by atoms with Crippen molar-refractivity contribution in [3.8, 4) is 28.9 Å². The van der Waals surface area contributed by atoms with E-state index in [0.29, 0.717) is 23.5 Å². The van der Waals surface area contributed by atoms with Gasteiger partial charge in [-0.25, -0.2) is 13.4 Å². The number of anilines is 1. The van der Waals surface area contributed by atoms with Crippen LogP contribution in [0.15, 0.2) is 53.7 Å². The molecule has 1 amide bonds. The van der Waals surface area contributed by atoms with Crippen molar-refractivity contribution in [1.29, 1.82) is 0 Å². The minimum absolute atomic E-state index is 0.0349. The number of ether oxygens (including phenoxy) is 4. The number of aliphatic hydroxyl groups excluding tert-OH is 1. The highest BCUT2D eigenvalue weighted by molar-refractivity contribution is 7.92. The number of benzene rings is 2. The van der Waals surface area contributed by atoms with Crippen LogP contribution >= 0.6 is 0 Å². The summed E-state index contributed by atoms with van der Waals surface area (Å²) in [5.41, 5.74) is 0.584. The molecule has 0 radical (unpaired) electrons. The molecule has 0 aliphatic carbocycles. The second kappa shape index (κ2) is 14.0. The number of aromatic nitrogens is 2. The molecule has 0 unspecified atom stereocenters. The monoisotopic (exact) mass is 586 g/mol. The maximum Gasteiger partial charge on any atom is 0.263 e. The van der Waals surface area contributed by atoms with Gasteiger partial charge in [0.25, 0.3) is 15.9 Å². The van der Waals surface area contributed by atoms with Gasteiger partial charge >= 0.3 is 0 Å². The number of nitrogens with zero attached hydrogens (tertiary/aromatic N) is 3. The van der Waals surface area contributed by atoms with E-state index in [1.807, 2.05) is 4.90 Å². The standard InChI is InChI=1S/C28H34N4O8S/c1-37-22-12-11-21(18-20(22)10-13-25(34)32-14-6-3-7-15-32)41(35,36)31-27-26(28(30-19-29-27)39-17-16-33)40-24-9-5-4-8-23(24)38-2/h4-5,8-9,11-12,18-19,33H,3,6-7,10,13-17H2,1-2H3,(H,29,30,31). The van der Waals surface area contributed by atoms with Crippen LogP contribution in [-0.2, 0) is 21.2 Å². The van der Waals surface area contributed by atoms with Crippen molar-refractivity contribution in [2.24, 2.45) is 0 Å². The lowest BCUT2D eigenvalue weighted by atomic mass is 10.1. The van der Waals surface area contributed by atoms with Gasteiger partial charge in [-0.3, -0.25) is 9.52 Å². The number of aryl methyl sites for hydroxylation is 1. The van der Waals surface area contributed by atoms with Crippen LogP contribution in [0.5, 0.6) is 28.9 Å². The summed E-state index contributed by atoms with van der Waals surface area (Å²) >= 11 is 0. The number of likely N-dealkylation sites (tertiary alicyclic amines) is 1. The summed E-state index contributed by atoms with van der Waals surface area (Å²) in [4.78, 5) is 22.7. The van der Waals surface area contributed by atoms with E-state index in [1.165, 1.54) is 26.4 Å². The molecule has 0 saturated carbocycles. The summed E-state index contributed by atoms with van der Waals surface area (Å²) in [7, 11) is -1.23. The first kappa shape index (κ1) is 29.9. The van der Waals surface area contributed by atoms with E-state index in [1.54, 1.807) is 30.3 Å². The normalized spacial score (nSPS) is 13.4. The Morgan fingerprint density at radius 1 is 1.00 bits per heavy atom. The van der Waals surface area contributed by atoms with Crippen molar-refractivity contribution in [2.45, 2.75) is 37.0 Å². The largest absolute Gasteiger partial charge is 0.496 e. The van der Waals surface area contributed by atoms with Crippen molar-refractivity contribution < 1.29 is 37.3 Å². The molecule has 12 nitrogen and oxygen atoms in total. The molecule has 13 heteroatoms. The third-order valence-electron chi connectivity index (χ3n) is 6.49. The molecular weight excluding hydrogens is 552 g/mol. The maximum absolute atomic E-state index is 13.5. The average Bonchev–Trinajstić information content (AvgIpc) is 3.00. The van der Waals surface area contributed by atoms with E-state index < -0.39 is 10.0 Å². The summed E-state index contributed by atoms with van der Waals surface area (Å²) in [5.74, 6) is 0.794. The quantitative estimate of drug-likeness (QED) is 0.305. The number of amides is 1. The number of carbonyl (C=O) groups is 1. The summed E-state index contributed by atoms with van der Waals surface area (Å²) in [6.45, 7) is 1.09. The molecule has 220 valence electrons. The molecule has 4 rings (SSSR count). The van der Waals surface area contributed by atoms with E-state index >= 15 is 0 Å². The lowest BCUT2D eigenvalue weighted by Crippen LogP contribution is -2.35. The summed E-state index contributed by atoms with van der Waals surface area (Å²) < 4.78 is 51.8. The molecule has 2 aromatic carbocycles. The van der Waals surface area contributed by atoms with Gasteiger partial charge < -0.3 is 29.0 Å². The fraction of sp³-hybridized carbons (Fsp3) is 0.393. The van der Waals surface area contributed by atoms with Crippen LogP contribution in [0.3, 0.4) is 0 Å². The molecule has 41 heavy (non-hydrogen) atoms. The minimum Gasteiger partial charge on any atom is -0.496 e. The van der Waals surface area contributed by atoms with Gasteiger partial charge in [-0.1, -0.05) is 12.1 Å². The second-order valence-electron chi connectivity index (χ2n) is 9.20. The summed E-state index contributed by atoms with van der Waals surface area (Å²) in [6.07, 6.45) is 4.78. The fourth-order valence-corrected chi connectivity index (χ4v) is 5.49. The van der Waals surface area contributed by atoms with E-state index in [-0.39, 0.29) is 53.6 Å². The van der Waals surface area contributed by atoms with Crippen LogP contribution in [0.2, 0.25) is 0 Å². The van der Waals surface area contributed by atoms with Gasteiger partial charge in [-0.15, -0.1) is 0 Å². The Bertz CT molecular complexity index is 1440. The highest BCUT2D eigenvalue weighted by Gasteiger charge is 2.24. The summed E-state index contributed by atoms with van der Waals surface area (Å²) in [5, 5.41) is 9.24. The Morgan fingerprint density at radius 3 is 2.44 bits per heavy atom. The third-order valence-corrected chi connectivity index (χ3v) is 7.83. The number of carbonyl (C=O) groups excluding carboxylic acids is 1. The Morgan fingerprint density at radius 2 is 1.73 bits per heavy atom. The number of hydrogen-bond donors (Lipinski definition) is 2. The van der Waals surface area contributed by atoms with Crippen LogP contribution in [0.25, 0.3) is 0 Å². The van der Waals surface area contributed by atoms with Gasteiger partial charge in [0.1, 0.15) is 18.7 Å². The smallest absolute Gasteiger partial charge is 0.263 e. The molecule has 2 N–H and O–H groups in total. The van der Waals surface area contributed by atoms with E-state index in [4.69, 9.17) is 18.9 Å². The number of para-hydroxylation sites is 2. The molecule has 0 spiro atoms. The fourth-order valence-electron chi connectivity index (χ4n) is 4.43. The number of methoxy groups -OCH3 is 2. The molecule has 1 aromatic heterocycles. The van der Waals surface area contributed by atoms with E-state index in [2.05, 4.69) is 14.7 Å². The highest BCUT2D eigenvalue weighted by atomic mass is 32.2. The number of hydrogen-bond acceptors (Lipinski definition) is 10. The van der Waals surface area contributed by atoms with Gasteiger partial charge in [0.2, 0.25) is 11.7 Å². The van der Waals surface area contributed by atoms with Crippen LogP contribution < -0.4 is 23.7 Å².